The zero-order valence-electron chi connectivity index (χ0n) is 8.50. The Kier molecular flexibility index (Phi) is 3.94. The number of hydrogen-bond donors (Lipinski definition) is 2. The first-order valence-electron chi connectivity index (χ1n) is 4.35. The summed E-state index contributed by atoms with van der Waals surface area (Å²) in [4.78, 5) is 11.6. The summed E-state index contributed by atoms with van der Waals surface area (Å²) in [6.07, 6.45) is 0. The summed E-state index contributed by atoms with van der Waals surface area (Å²) in [5.74, 6) is -0.0392. The topological polar surface area (TPSA) is 58.6 Å². The van der Waals surface area contributed by atoms with Gasteiger partial charge in [-0.15, -0.1) is 0 Å². The molecule has 2 N–H and O–H groups in total. The molecule has 0 aliphatic rings. The molecule has 0 atom stereocenters. The molecule has 0 spiro atoms. The van der Waals surface area contributed by atoms with Crippen LogP contribution in [0.1, 0.15) is 10.4 Å². The van der Waals surface area contributed by atoms with Crippen LogP contribution in [0.15, 0.2) is 12.1 Å². The molecule has 0 heterocycles. The van der Waals surface area contributed by atoms with Crippen molar-refractivity contribution in [1.82, 2.24) is 5.32 Å². The molecule has 0 saturated heterocycles. The van der Waals surface area contributed by atoms with Gasteiger partial charge in [0.1, 0.15) is 10.8 Å². The molecule has 1 aromatic carbocycles. The monoisotopic (exact) mass is 229 g/mol. The predicted octanol–water partition coefficient (Wildman–Crippen LogP) is 1.46. The maximum absolute atomic E-state index is 11.6. The molecule has 0 bridgehead atoms. The van der Waals surface area contributed by atoms with Gasteiger partial charge in [0.05, 0.1) is 19.2 Å². The summed E-state index contributed by atoms with van der Waals surface area (Å²) >= 11 is 5.80. The summed E-state index contributed by atoms with van der Waals surface area (Å²) in [7, 11) is 3.07. The van der Waals surface area contributed by atoms with Crippen LogP contribution in [0.5, 0.6) is 11.5 Å². The van der Waals surface area contributed by atoms with Crippen molar-refractivity contribution in [1.29, 1.82) is 0 Å². The van der Waals surface area contributed by atoms with Gasteiger partial charge < -0.3 is 15.2 Å². The third-order valence-corrected chi connectivity index (χ3v) is 2.28. The van der Waals surface area contributed by atoms with Gasteiger partial charge in [0.15, 0.2) is 11.5 Å². The SMILES string of the molecule is CNCC(=O)c1ccc(O)c(Cl)c1OC. The molecule has 0 aliphatic carbocycles. The van der Waals surface area contributed by atoms with Gasteiger partial charge in [0, 0.05) is 0 Å². The maximum Gasteiger partial charge on any atom is 0.180 e. The van der Waals surface area contributed by atoms with Crippen LogP contribution in [0, 0.1) is 0 Å². The molecule has 4 nitrogen and oxygen atoms in total. The summed E-state index contributed by atoms with van der Waals surface area (Å²) in [5.41, 5.74) is 0.356. The van der Waals surface area contributed by atoms with E-state index < -0.39 is 0 Å². The highest BCUT2D eigenvalue weighted by molar-refractivity contribution is 6.34. The second-order valence-electron chi connectivity index (χ2n) is 2.93. The number of methoxy groups -OCH3 is 1. The Balaban J connectivity index is 3.18. The van der Waals surface area contributed by atoms with Crippen molar-refractivity contribution in [2.45, 2.75) is 0 Å². The fourth-order valence-corrected chi connectivity index (χ4v) is 1.46. The average molecular weight is 230 g/mol. The first kappa shape index (κ1) is 11.8. The Morgan fingerprint density at radius 2 is 2.27 bits per heavy atom. The number of ether oxygens (including phenoxy) is 1. The molecule has 15 heavy (non-hydrogen) atoms. The molecule has 0 aromatic heterocycles. The first-order valence-corrected chi connectivity index (χ1v) is 4.72. The quantitative estimate of drug-likeness (QED) is 0.768. The van der Waals surface area contributed by atoms with Crippen LogP contribution < -0.4 is 10.1 Å². The number of phenols is 1. The number of phenolic OH excluding ortho intramolecular Hbond substituents is 1. The number of Topliss-reactive ketones (excluding diaryl/α,β-unsaturated/α-hetero) is 1. The molecule has 0 fully saturated rings. The zero-order valence-corrected chi connectivity index (χ0v) is 9.26. The average Bonchev–Trinajstić information content (AvgIpc) is 2.22. The first-order chi connectivity index (χ1) is 7.11. The Hall–Kier alpha value is -1.26. The van der Waals surface area contributed by atoms with Crippen molar-refractivity contribution in [2.75, 3.05) is 20.7 Å². The number of carbonyl (C=O) groups excluding carboxylic acids is 1. The molecule has 1 rings (SSSR count). The number of carbonyl (C=O) groups is 1. The summed E-state index contributed by atoms with van der Waals surface area (Å²) < 4.78 is 4.98. The molecule has 0 aliphatic heterocycles. The zero-order chi connectivity index (χ0) is 11.4. The van der Waals surface area contributed by atoms with Crippen molar-refractivity contribution in [2.24, 2.45) is 0 Å². The van der Waals surface area contributed by atoms with E-state index in [1.807, 2.05) is 0 Å². The van der Waals surface area contributed by atoms with Crippen LogP contribution >= 0.6 is 11.6 Å². The lowest BCUT2D eigenvalue weighted by molar-refractivity contribution is 0.0990. The summed E-state index contributed by atoms with van der Waals surface area (Å²) in [6.45, 7) is 0.192. The van der Waals surface area contributed by atoms with Crippen LogP contribution in [0.3, 0.4) is 0 Å². The number of benzene rings is 1. The van der Waals surface area contributed by atoms with Crippen molar-refractivity contribution < 1.29 is 14.6 Å². The minimum atomic E-state index is -0.142. The minimum absolute atomic E-state index is 0.0550. The van der Waals surface area contributed by atoms with Gasteiger partial charge in [-0.05, 0) is 19.2 Å². The summed E-state index contributed by atoms with van der Waals surface area (Å²) in [5, 5.41) is 12.1. The lowest BCUT2D eigenvalue weighted by atomic mass is 10.1. The molecule has 5 heteroatoms. The Bertz CT molecular complexity index is 379. The Labute approximate surface area is 92.8 Å². The number of nitrogens with one attached hydrogen (secondary N) is 1. The standard InChI is InChI=1S/C10H12ClNO3/c1-12-5-8(14)6-3-4-7(13)9(11)10(6)15-2/h3-4,12-13H,5H2,1-2H3. The van der Waals surface area contributed by atoms with E-state index in [1.165, 1.54) is 19.2 Å². The number of likely N-dealkylation sites (N-methyl/N-ethyl adjacent to an activating group) is 1. The lowest BCUT2D eigenvalue weighted by Crippen LogP contribution is -2.19. The Morgan fingerprint density at radius 3 is 2.80 bits per heavy atom. The molecule has 1 aromatic rings. The van der Waals surface area contributed by atoms with Gasteiger partial charge in [-0.1, -0.05) is 11.6 Å². The van der Waals surface area contributed by atoms with E-state index in [0.29, 0.717) is 5.56 Å². The van der Waals surface area contributed by atoms with Crippen molar-refractivity contribution >= 4 is 17.4 Å². The number of halogens is 1. The fraction of sp³-hybridized carbons (Fsp3) is 0.300. The van der Waals surface area contributed by atoms with Gasteiger partial charge >= 0.3 is 0 Å². The van der Waals surface area contributed by atoms with E-state index in [9.17, 15) is 9.90 Å². The normalized spacial score (nSPS) is 10.1. The molecule has 0 amide bonds. The molecule has 0 unspecified atom stereocenters. The number of rotatable bonds is 4. The molecule has 0 radical (unpaired) electrons. The minimum Gasteiger partial charge on any atom is -0.506 e. The van der Waals surface area contributed by atoms with E-state index in [4.69, 9.17) is 16.3 Å². The highest BCUT2D eigenvalue weighted by Gasteiger charge is 2.16. The van der Waals surface area contributed by atoms with Crippen LogP contribution in [-0.4, -0.2) is 31.6 Å². The lowest BCUT2D eigenvalue weighted by Gasteiger charge is -2.10. The predicted molar refractivity (Wildman–Crippen MR) is 57.9 cm³/mol. The van der Waals surface area contributed by atoms with Gasteiger partial charge in [-0.3, -0.25) is 4.79 Å². The molecular weight excluding hydrogens is 218 g/mol. The largest absolute Gasteiger partial charge is 0.506 e. The second kappa shape index (κ2) is 5.00. The van der Waals surface area contributed by atoms with Crippen LogP contribution in [-0.2, 0) is 0 Å². The van der Waals surface area contributed by atoms with E-state index in [1.54, 1.807) is 7.05 Å². The fourth-order valence-electron chi connectivity index (χ4n) is 1.22. The third kappa shape index (κ3) is 2.40. The van der Waals surface area contributed by atoms with E-state index in [2.05, 4.69) is 5.32 Å². The number of ketones is 1. The van der Waals surface area contributed by atoms with Gasteiger partial charge in [0.25, 0.3) is 0 Å². The molecular formula is C10H12ClNO3. The van der Waals surface area contributed by atoms with E-state index in [0.717, 1.165) is 0 Å². The van der Waals surface area contributed by atoms with Gasteiger partial charge in [-0.2, -0.15) is 0 Å². The van der Waals surface area contributed by atoms with Crippen LogP contribution in [0.25, 0.3) is 0 Å². The van der Waals surface area contributed by atoms with E-state index in [-0.39, 0.29) is 28.8 Å². The smallest absolute Gasteiger partial charge is 0.180 e. The highest BCUT2D eigenvalue weighted by atomic mass is 35.5. The maximum atomic E-state index is 11.6. The second-order valence-corrected chi connectivity index (χ2v) is 3.31. The van der Waals surface area contributed by atoms with Crippen molar-refractivity contribution in [3.05, 3.63) is 22.7 Å². The number of aromatic hydroxyl groups is 1. The molecule has 82 valence electrons. The van der Waals surface area contributed by atoms with Crippen molar-refractivity contribution in [3.63, 3.8) is 0 Å². The molecule has 0 saturated carbocycles. The van der Waals surface area contributed by atoms with Crippen molar-refractivity contribution in [3.8, 4) is 11.5 Å². The van der Waals surface area contributed by atoms with Gasteiger partial charge in [0.2, 0.25) is 0 Å². The van der Waals surface area contributed by atoms with Crippen LogP contribution in [0.4, 0.5) is 0 Å². The van der Waals surface area contributed by atoms with E-state index >= 15 is 0 Å². The summed E-state index contributed by atoms with van der Waals surface area (Å²) in [6, 6.07) is 2.85. The highest BCUT2D eigenvalue weighted by Crippen LogP contribution is 2.36. The Morgan fingerprint density at radius 1 is 1.60 bits per heavy atom. The third-order valence-electron chi connectivity index (χ3n) is 1.92. The van der Waals surface area contributed by atoms with Gasteiger partial charge in [-0.25, -0.2) is 0 Å². The number of hydrogen-bond acceptors (Lipinski definition) is 4. The van der Waals surface area contributed by atoms with Crippen LogP contribution in [0.2, 0.25) is 5.02 Å².